The van der Waals surface area contributed by atoms with Gasteiger partial charge in [-0.3, -0.25) is 9.79 Å². The van der Waals surface area contributed by atoms with Crippen LogP contribution in [0.4, 0.5) is 5.69 Å². The van der Waals surface area contributed by atoms with E-state index in [9.17, 15) is 4.79 Å². The number of guanidine groups is 1. The van der Waals surface area contributed by atoms with Crippen molar-refractivity contribution in [1.82, 2.24) is 10.6 Å². The number of rotatable bonds is 9. The predicted octanol–water partition coefficient (Wildman–Crippen LogP) is 2.61. The first-order valence-corrected chi connectivity index (χ1v) is 10.3. The molecule has 7 heteroatoms. The average molecular weight is 411 g/mol. The Morgan fingerprint density at radius 3 is 2.57 bits per heavy atom. The number of aliphatic imine (C=N–C) groups is 1. The van der Waals surface area contributed by atoms with Crippen LogP contribution >= 0.6 is 0 Å². The number of hydrogen-bond donors (Lipinski definition) is 2. The highest BCUT2D eigenvalue weighted by atomic mass is 16.5. The molecule has 0 fully saturated rings. The first-order valence-electron chi connectivity index (χ1n) is 10.3. The van der Waals surface area contributed by atoms with Gasteiger partial charge in [0.05, 0.1) is 13.7 Å². The van der Waals surface area contributed by atoms with Crippen LogP contribution in [0, 0.1) is 0 Å². The number of hydrogen-bond acceptors (Lipinski definition) is 4. The average Bonchev–Trinajstić information content (AvgIpc) is 3.22. The molecule has 2 N–H and O–H groups in total. The van der Waals surface area contributed by atoms with Crippen molar-refractivity contribution in [1.29, 1.82) is 0 Å². The van der Waals surface area contributed by atoms with Crippen molar-refractivity contribution < 1.29 is 14.3 Å². The summed E-state index contributed by atoms with van der Waals surface area (Å²) < 4.78 is 10.8. The van der Waals surface area contributed by atoms with E-state index < -0.39 is 0 Å². The molecule has 1 heterocycles. The number of carbonyl (C=O) groups excluding carboxylic acids is 1. The van der Waals surface area contributed by atoms with Gasteiger partial charge in [0.2, 0.25) is 5.91 Å². The Balaban J connectivity index is 1.30. The van der Waals surface area contributed by atoms with Gasteiger partial charge in [-0.1, -0.05) is 18.2 Å². The van der Waals surface area contributed by atoms with Crippen LogP contribution in [0.3, 0.4) is 0 Å². The van der Waals surface area contributed by atoms with Gasteiger partial charge in [0, 0.05) is 32.2 Å². The van der Waals surface area contributed by atoms with Crippen molar-refractivity contribution in [3.8, 4) is 11.5 Å². The summed E-state index contributed by atoms with van der Waals surface area (Å²) in [6.07, 6.45) is 2.20. The maximum absolute atomic E-state index is 12.5. The maximum atomic E-state index is 12.5. The van der Waals surface area contributed by atoms with Crippen LogP contribution in [0.25, 0.3) is 0 Å². The van der Waals surface area contributed by atoms with Crippen LogP contribution < -0.4 is 25.0 Å². The van der Waals surface area contributed by atoms with E-state index in [1.807, 2.05) is 47.4 Å². The lowest BCUT2D eigenvalue weighted by molar-refractivity contribution is -0.118. The van der Waals surface area contributed by atoms with Gasteiger partial charge in [0.1, 0.15) is 18.1 Å². The van der Waals surface area contributed by atoms with Crippen LogP contribution in [0.2, 0.25) is 0 Å². The summed E-state index contributed by atoms with van der Waals surface area (Å²) in [5, 5.41) is 6.46. The Morgan fingerprint density at radius 2 is 1.80 bits per heavy atom. The Kier molecular flexibility index (Phi) is 7.94. The molecule has 1 aliphatic heterocycles. The molecule has 2 aromatic rings. The van der Waals surface area contributed by atoms with Crippen LogP contribution in [0.5, 0.6) is 11.5 Å². The van der Waals surface area contributed by atoms with E-state index in [4.69, 9.17) is 9.47 Å². The Labute approximate surface area is 178 Å². The summed E-state index contributed by atoms with van der Waals surface area (Å²) in [6, 6.07) is 15.6. The minimum atomic E-state index is 0.178. The molecule has 0 atom stereocenters. The molecule has 0 saturated carbocycles. The molecule has 160 valence electrons. The van der Waals surface area contributed by atoms with Crippen LogP contribution in [-0.2, 0) is 11.2 Å². The molecule has 1 amide bonds. The highest BCUT2D eigenvalue weighted by Gasteiger charge is 2.23. The van der Waals surface area contributed by atoms with Crippen LogP contribution in [0.1, 0.15) is 18.4 Å². The Bertz CT molecular complexity index is 852. The lowest BCUT2D eigenvalue weighted by Crippen LogP contribution is -2.40. The molecule has 0 saturated heterocycles. The molecule has 0 spiro atoms. The van der Waals surface area contributed by atoms with E-state index in [0.717, 1.165) is 36.6 Å². The largest absolute Gasteiger partial charge is 0.497 e. The smallest absolute Gasteiger partial charge is 0.227 e. The van der Waals surface area contributed by atoms with E-state index in [0.29, 0.717) is 32.1 Å². The minimum Gasteiger partial charge on any atom is -0.497 e. The Morgan fingerprint density at radius 1 is 1.07 bits per heavy atom. The van der Waals surface area contributed by atoms with Crippen LogP contribution in [0.15, 0.2) is 53.5 Å². The van der Waals surface area contributed by atoms with Crippen molar-refractivity contribution in [3.63, 3.8) is 0 Å². The van der Waals surface area contributed by atoms with Gasteiger partial charge >= 0.3 is 0 Å². The summed E-state index contributed by atoms with van der Waals surface area (Å²) in [4.78, 5) is 18.6. The number of nitrogens with zero attached hydrogens (tertiary/aromatic N) is 2. The topological polar surface area (TPSA) is 75.2 Å². The van der Waals surface area contributed by atoms with Crippen molar-refractivity contribution in [2.24, 2.45) is 4.99 Å². The van der Waals surface area contributed by atoms with E-state index in [1.54, 1.807) is 14.2 Å². The third-order valence-corrected chi connectivity index (χ3v) is 4.99. The maximum Gasteiger partial charge on any atom is 0.227 e. The van der Waals surface area contributed by atoms with Gasteiger partial charge in [-0.2, -0.15) is 0 Å². The quantitative estimate of drug-likeness (QED) is 0.378. The summed E-state index contributed by atoms with van der Waals surface area (Å²) in [5.41, 5.74) is 2.32. The summed E-state index contributed by atoms with van der Waals surface area (Å²) in [5.74, 6) is 2.48. The number of fused-ring (bicyclic) bond motifs is 1. The number of anilines is 1. The lowest BCUT2D eigenvalue weighted by Gasteiger charge is -2.17. The van der Waals surface area contributed by atoms with Gasteiger partial charge in [0.15, 0.2) is 5.96 Å². The Hall–Kier alpha value is -3.22. The molecular weight excluding hydrogens is 380 g/mol. The zero-order valence-electron chi connectivity index (χ0n) is 17.7. The molecule has 2 aromatic carbocycles. The van der Waals surface area contributed by atoms with Gasteiger partial charge in [-0.05, 0) is 48.7 Å². The highest BCUT2D eigenvalue weighted by molar-refractivity contribution is 5.95. The molecule has 30 heavy (non-hydrogen) atoms. The first kappa shape index (κ1) is 21.5. The second-order valence-corrected chi connectivity index (χ2v) is 6.98. The van der Waals surface area contributed by atoms with Gasteiger partial charge in [0.25, 0.3) is 0 Å². The number of amides is 1. The molecule has 3 rings (SSSR count). The standard InChI is InChI=1S/C23H30N4O3/c1-24-23(26-15-17-30-20-11-9-19(29-2)10-12-20)25-14-5-8-22(28)27-16-13-18-6-3-4-7-21(18)27/h3-4,6-7,9-12H,5,8,13-17H2,1-2H3,(H2,24,25,26). The number of methoxy groups -OCH3 is 1. The monoisotopic (exact) mass is 410 g/mol. The summed E-state index contributed by atoms with van der Waals surface area (Å²) >= 11 is 0. The third kappa shape index (κ3) is 5.89. The van der Waals surface area contributed by atoms with Crippen molar-refractivity contribution >= 4 is 17.6 Å². The highest BCUT2D eigenvalue weighted by Crippen LogP contribution is 2.27. The molecule has 0 aliphatic carbocycles. The zero-order chi connectivity index (χ0) is 21.2. The fraction of sp³-hybridized carbons (Fsp3) is 0.391. The minimum absolute atomic E-state index is 0.178. The van der Waals surface area contributed by atoms with Crippen LogP contribution in [-0.4, -0.2) is 52.3 Å². The molecule has 0 unspecified atom stereocenters. The number of carbonyl (C=O) groups is 1. The van der Waals surface area contributed by atoms with Gasteiger partial charge < -0.3 is 25.0 Å². The fourth-order valence-corrected chi connectivity index (χ4v) is 3.41. The van der Waals surface area contributed by atoms with E-state index >= 15 is 0 Å². The zero-order valence-corrected chi connectivity index (χ0v) is 17.7. The van der Waals surface area contributed by atoms with Gasteiger partial charge in [-0.15, -0.1) is 0 Å². The van der Waals surface area contributed by atoms with E-state index in [1.165, 1.54) is 5.56 Å². The van der Waals surface area contributed by atoms with Gasteiger partial charge in [-0.25, -0.2) is 0 Å². The predicted molar refractivity (Wildman–Crippen MR) is 120 cm³/mol. The molecule has 0 bridgehead atoms. The number of benzene rings is 2. The SMILES string of the molecule is CN=C(NCCCC(=O)N1CCc2ccccc21)NCCOc1ccc(OC)cc1. The lowest BCUT2D eigenvalue weighted by atomic mass is 10.2. The number of ether oxygens (including phenoxy) is 2. The molecule has 0 aromatic heterocycles. The van der Waals surface area contributed by atoms with Crippen molar-refractivity contribution in [2.75, 3.05) is 45.3 Å². The second kappa shape index (κ2) is 11.1. The molecule has 7 nitrogen and oxygen atoms in total. The fourth-order valence-electron chi connectivity index (χ4n) is 3.41. The van der Waals surface area contributed by atoms with Crippen molar-refractivity contribution in [2.45, 2.75) is 19.3 Å². The van der Waals surface area contributed by atoms with E-state index in [2.05, 4.69) is 21.7 Å². The van der Waals surface area contributed by atoms with E-state index in [-0.39, 0.29) is 5.91 Å². The molecule has 0 radical (unpaired) electrons. The molecular formula is C23H30N4O3. The summed E-state index contributed by atoms with van der Waals surface area (Å²) in [7, 11) is 3.37. The second-order valence-electron chi connectivity index (χ2n) is 6.98. The normalized spacial score (nSPS) is 13.0. The molecule has 1 aliphatic rings. The summed E-state index contributed by atoms with van der Waals surface area (Å²) in [6.45, 7) is 2.60. The van der Waals surface area contributed by atoms with Crippen molar-refractivity contribution in [3.05, 3.63) is 54.1 Å². The number of para-hydroxylation sites is 1. The number of nitrogens with one attached hydrogen (secondary N) is 2. The first-order chi connectivity index (χ1) is 14.7. The third-order valence-electron chi connectivity index (χ3n) is 4.99.